The normalized spacial score (nSPS) is 12.3. The average Bonchev–Trinajstić information content (AvgIpc) is 2.93. The van der Waals surface area contributed by atoms with E-state index in [1.54, 1.807) is 72.8 Å². The lowest BCUT2D eigenvalue weighted by Gasteiger charge is -2.05. The zero-order chi connectivity index (χ0) is 29.9. The highest BCUT2D eigenvalue weighted by Gasteiger charge is 1.99. The minimum atomic E-state index is 0.124. The third-order valence-corrected chi connectivity index (χ3v) is 5.58. The fourth-order valence-corrected chi connectivity index (χ4v) is 3.38. The van der Waals surface area contributed by atoms with Gasteiger partial charge in [0.15, 0.2) is 0 Å². The summed E-state index contributed by atoms with van der Waals surface area (Å²) < 4.78 is 0. The number of nitrogens with zero attached hydrogens (tertiary/aromatic N) is 4. The van der Waals surface area contributed by atoms with Crippen molar-refractivity contribution in [3.05, 3.63) is 88.9 Å². The van der Waals surface area contributed by atoms with E-state index < -0.39 is 0 Å². The number of aromatic hydroxyl groups is 1. The second-order valence-electron chi connectivity index (χ2n) is 8.49. The number of aliphatic imine (C=N–C) groups is 4. The molecule has 3 aromatic carbocycles. The number of unbranched alkanes of at least 4 members (excludes halogenated alkanes) is 3. The second kappa shape index (κ2) is 18.7. The number of hydrogen-bond acceptors (Lipinski definition) is 3. The zero-order valence-electron chi connectivity index (χ0n) is 22.5. The van der Waals surface area contributed by atoms with E-state index in [-0.39, 0.29) is 23.8 Å². The molecule has 0 bridgehead atoms. The molecule has 0 aliphatic rings. The number of nitrogens with one attached hydrogen (secondary N) is 2. The maximum Gasteiger partial charge on any atom is 0.218 e. The molecule has 0 amide bonds. The van der Waals surface area contributed by atoms with Crippen LogP contribution in [0.2, 0.25) is 10.0 Å². The highest BCUT2D eigenvalue weighted by Crippen LogP contribution is 2.14. The molecule has 0 aromatic heterocycles. The number of anilines is 2. The Morgan fingerprint density at radius 3 is 1.32 bits per heavy atom. The van der Waals surface area contributed by atoms with Crippen LogP contribution in [0.4, 0.5) is 11.4 Å². The van der Waals surface area contributed by atoms with Gasteiger partial charge in [0.2, 0.25) is 23.8 Å². The van der Waals surface area contributed by atoms with Gasteiger partial charge >= 0.3 is 0 Å². The zero-order valence-corrected chi connectivity index (χ0v) is 24.1. The van der Waals surface area contributed by atoms with Crippen molar-refractivity contribution in [1.29, 1.82) is 0 Å². The van der Waals surface area contributed by atoms with Crippen LogP contribution in [0.1, 0.15) is 25.7 Å². The molecule has 41 heavy (non-hydrogen) atoms. The van der Waals surface area contributed by atoms with Crippen LogP contribution in [0.5, 0.6) is 5.75 Å². The number of halogens is 2. The van der Waals surface area contributed by atoms with Crippen molar-refractivity contribution in [1.82, 2.24) is 0 Å². The number of hydrogen-bond donors (Lipinski definition) is 7. The number of guanidine groups is 4. The van der Waals surface area contributed by atoms with E-state index in [1.807, 2.05) is 6.07 Å². The number of benzene rings is 3. The molecule has 11 nitrogen and oxygen atoms in total. The van der Waals surface area contributed by atoms with E-state index in [9.17, 15) is 0 Å². The van der Waals surface area contributed by atoms with Gasteiger partial charge in [0, 0.05) is 34.5 Å². The summed E-state index contributed by atoms with van der Waals surface area (Å²) in [4.78, 5) is 16.5. The fourth-order valence-electron chi connectivity index (χ4n) is 3.13. The lowest BCUT2D eigenvalue weighted by molar-refractivity contribution is 0.475. The third kappa shape index (κ3) is 15.6. The van der Waals surface area contributed by atoms with Crippen LogP contribution >= 0.6 is 23.2 Å². The molecule has 3 aromatic rings. The van der Waals surface area contributed by atoms with E-state index in [0.29, 0.717) is 28.9 Å². The summed E-state index contributed by atoms with van der Waals surface area (Å²) in [7, 11) is 0. The van der Waals surface area contributed by atoms with Crippen LogP contribution < -0.4 is 33.6 Å². The van der Waals surface area contributed by atoms with Crippen molar-refractivity contribution in [3.63, 3.8) is 0 Å². The van der Waals surface area contributed by atoms with Crippen LogP contribution in [0, 0.1) is 0 Å². The quantitative estimate of drug-likeness (QED) is 0.105. The average molecular weight is 600 g/mol. The molecule has 0 spiro atoms. The molecular weight excluding hydrogens is 563 g/mol. The van der Waals surface area contributed by atoms with Gasteiger partial charge in [-0.05, 0) is 73.5 Å². The van der Waals surface area contributed by atoms with Gasteiger partial charge in [-0.2, -0.15) is 9.98 Å². The van der Waals surface area contributed by atoms with E-state index in [4.69, 9.17) is 51.2 Å². The van der Waals surface area contributed by atoms with Gasteiger partial charge in [0.05, 0.1) is 0 Å². The van der Waals surface area contributed by atoms with Gasteiger partial charge in [-0.1, -0.05) is 54.2 Å². The molecule has 0 fully saturated rings. The summed E-state index contributed by atoms with van der Waals surface area (Å²) in [5.74, 6) is 0.886. The number of phenols is 1. The molecule has 0 radical (unpaired) electrons. The lowest BCUT2D eigenvalue weighted by Crippen LogP contribution is -2.26. The lowest BCUT2D eigenvalue weighted by atomic mass is 10.2. The Hall–Kier alpha value is -4.48. The number of phenolic OH excluding ortho intramolecular Hbond substituents is 1. The highest BCUT2D eigenvalue weighted by atomic mass is 35.5. The molecule has 0 aliphatic carbocycles. The van der Waals surface area contributed by atoms with Gasteiger partial charge in [-0.25, -0.2) is 0 Å². The molecule has 0 heterocycles. The first-order chi connectivity index (χ1) is 19.7. The Morgan fingerprint density at radius 1 is 0.585 bits per heavy atom. The minimum absolute atomic E-state index is 0.124. The smallest absolute Gasteiger partial charge is 0.218 e. The number of rotatable bonds is 9. The molecule has 0 unspecified atom stereocenters. The summed E-state index contributed by atoms with van der Waals surface area (Å²) in [6.07, 6.45) is 3.68. The Balaban J connectivity index is 0.000000729. The minimum Gasteiger partial charge on any atom is -0.508 e. The van der Waals surface area contributed by atoms with Crippen molar-refractivity contribution < 1.29 is 5.11 Å². The van der Waals surface area contributed by atoms with Crippen molar-refractivity contribution in [2.75, 3.05) is 23.7 Å². The Kier molecular flexibility index (Phi) is 15.0. The van der Waals surface area contributed by atoms with Gasteiger partial charge in [-0.3, -0.25) is 9.98 Å². The molecule has 0 saturated heterocycles. The molecule has 3 rings (SSSR count). The van der Waals surface area contributed by atoms with E-state index in [1.165, 1.54) is 0 Å². The first kappa shape index (κ1) is 32.7. The van der Waals surface area contributed by atoms with Gasteiger partial charge in [0.25, 0.3) is 0 Å². The number of nitrogens with two attached hydrogens (primary N) is 4. The predicted molar refractivity (Wildman–Crippen MR) is 173 cm³/mol. The first-order valence-electron chi connectivity index (χ1n) is 12.8. The summed E-state index contributed by atoms with van der Waals surface area (Å²) in [5, 5.41) is 15.7. The monoisotopic (exact) mass is 598 g/mol. The van der Waals surface area contributed by atoms with Crippen molar-refractivity contribution in [2.24, 2.45) is 42.9 Å². The van der Waals surface area contributed by atoms with Crippen LogP contribution in [0.15, 0.2) is 98.8 Å². The SMILES string of the molecule is NC(=NCCCCCCN=C(N)N=C(N)Nc1ccc(Cl)cc1)N=C(N)Nc1ccc(Cl)cc1.Oc1ccccc1. The van der Waals surface area contributed by atoms with Crippen molar-refractivity contribution in [2.45, 2.75) is 25.7 Å². The summed E-state index contributed by atoms with van der Waals surface area (Å²) in [5.41, 5.74) is 24.8. The van der Waals surface area contributed by atoms with Crippen molar-refractivity contribution >= 4 is 58.4 Å². The molecule has 13 heteroatoms. The molecule has 0 atom stereocenters. The molecular formula is C28H36Cl2N10O. The van der Waals surface area contributed by atoms with Gasteiger partial charge < -0.3 is 38.7 Å². The fraction of sp³-hybridized carbons (Fsp3) is 0.214. The Labute approximate surface area is 250 Å². The topological polar surface area (TPSA) is 198 Å². The molecule has 0 saturated carbocycles. The Morgan fingerprint density at radius 2 is 0.976 bits per heavy atom. The summed E-state index contributed by atoms with van der Waals surface area (Å²) >= 11 is 11.7. The molecule has 11 N–H and O–H groups in total. The van der Waals surface area contributed by atoms with E-state index >= 15 is 0 Å². The van der Waals surface area contributed by atoms with Crippen molar-refractivity contribution in [3.8, 4) is 5.75 Å². The van der Waals surface area contributed by atoms with Crippen LogP contribution in [-0.4, -0.2) is 42.0 Å². The van der Waals surface area contributed by atoms with E-state index in [0.717, 1.165) is 37.1 Å². The first-order valence-corrected chi connectivity index (χ1v) is 13.5. The molecule has 218 valence electrons. The van der Waals surface area contributed by atoms with Crippen LogP contribution in [0.3, 0.4) is 0 Å². The number of para-hydroxylation sites is 1. The van der Waals surface area contributed by atoms with Gasteiger partial charge in [-0.15, -0.1) is 0 Å². The highest BCUT2D eigenvalue weighted by molar-refractivity contribution is 6.31. The Bertz CT molecular complexity index is 1210. The maximum absolute atomic E-state index is 8.63. The standard InChI is InChI=1S/C22H30Cl2N10.C6H6O/c23-15-5-9-17(10-6-15)31-21(27)33-19(25)29-13-3-1-2-4-14-30-20(26)34-22(28)32-18-11-7-16(24)8-12-18;7-6-4-2-1-3-5-6/h5-12H,1-4,13-14H2,(H5,25,27,29,31,33)(H5,26,28,30,32,34);1-5,7H. The third-order valence-electron chi connectivity index (χ3n) is 5.07. The van der Waals surface area contributed by atoms with Crippen LogP contribution in [0.25, 0.3) is 0 Å². The van der Waals surface area contributed by atoms with Crippen LogP contribution in [-0.2, 0) is 0 Å². The molecule has 0 aliphatic heterocycles. The second-order valence-corrected chi connectivity index (χ2v) is 9.36. The largest absolute Gasteiger partial charge is 0.508 e. The summed E-state index contributed by atoms with van der Waals surface area (Å²) in [6, 6.07) is 22.8. The maximum atomic E-state index is 8.63. The van der Waals surface area contributed by atoms with Gasteiger partial charge in [0.1, 0.15) is 5.75 Å². The predicted octanol–water partition coefficient (Wildman–Crippen LogP) is 4.73. The summed E-state index contributed by atoms with van der Waals surface area (Å²) in [6.45, 7) is 1.12. The van der Waals surface area contributed by atoms with E-state index in [2.05, 4.69) is 30.6 Å².